The highest BCUT2D eigenvalue weighted by molar-refractivity contribution is 6.82. The van der Waals surface area contributed by atoms with Crippen LogP contribution in [0.5, 0.6) is 0 Å². The summed E-state index contributed by atoms with van der Waals surface area (Å²) in [5.74, 6) is 0.507. The van der Waals surface area contributed by atoms with Crippen LogP contribution in [-0.2, 0) is 20.2 Å². The lowest BCUT2D eigenvalue weighted by molar-refractivity contribution is -0.0382. The van der Waals surface area contributed by atoms with E-state index in [-0.39, 0.29) is 40.2 Å². The van der Waals surface area contributed by atoms with E-state index in [2.05, 4.69) is 112 Å². The molecule has 0 aliphatic carbocycles. The van der Waals surface area contributed by atoms with Gasteiger partial charge in [0.2, 0.25) is 5.95 Å². The lowest BCUT2D eigenvalue weighted by atomic mass is 10.2. The fourth-order valence-corrected chi connectivity index (χ4v) is 7.95. The van der Waals surface area contributed by atoms with Gasteiger partial charge in [-0.1, -0.05) is 87.0 Å². The Bertz CT molecular complexity index is 1260. The number of hydrogen-bond acceptors (Lipinski definition) is 7. The zero-order valence-corrected chi connectivity index (χ0v) is 32.6. The van der Waals surface area contributed by atoms with E-state index < -0.39 is 24.9 Å². The molecule has 0 amide bonds. The number of aliphatic hydroxyl groups is 1. The van der Waals surface area contributed by atoms with Gasteiger partial charge in [-0.2, -0.15) is 4.98 Å². The highest BCUT2D eigenvalue weighted by Gasteiger charge is 2.47. The predicted octanol–water partition coefficient (Wildman–Crippen LogP) is 8.69. The second-order valence-electron chi connectivity index (χ2n) is 16.6. The van der Waals surface area contributed by atoms with Crippen LogP contribution in [-0.4, -0.2) is 63.3 Å². The maximum Gasteiger partial charge on any atom is 0.218 e. The second-order valence-corrected chi connectivity index (χ2v) is 31.5. The van der Waals surface area contributed by atoms with Crippen molar-refractivity contribution in [2.45, 2.75) is 148 Å². The lowest BCUT2D eigenvalue weighted by Crippen LogP contribution is -2.48. The Hall–Kier alpha value is -0.799. The monoisotopic (exact) mass is 656 g/mol. The second kappa shape index (κ2) is 11.9. The zero-order valence-electron chi connectivity index (χ0n) is 28.8. The van der Waals surface area contributed by atoms with Crippen LogP contribution in [0.2, 0.25) is 59.5 Å². The first-order valence-corrected chi connectivity index (χ1v) is 24.4. The highest BCUT2D eigenvalue weighted by atomic mass is 35.5. The van der Waals surface area contributed by atoms with Gasteiger partial charge in [0.25, 0.3) is 0 Å². The Labute approximate surface area is 262 Å². The molecule has 42 heavy (non-hydrogen) atoms. The fraction of sp³-hybridized carbons (Fsp3) is 0.800. The highest BCUT2D eigenvalue weighted by Crippen LogP contribution is 2.44. The standard InChI is InChI=1S/C30H57ClN4O4Si3/c1-28(2,3)40(10,11)34-27-32-25(31)24-20(18-36)17-35(26(24)33-27)23-16-21(39-42(14,15)30(7,8)9)22(38-23)19-37-41(12,13)29(4,5)6/h17,21-23,36H,16,18-19H2,1-15H3,(H,32,33,34). The maximum atomic E-state index is 10.3. The molecule has 1 saturated heterocycles. The molecule has 2 aromatic rings. The van der Waals surface area contributed by atoms with E-state index in [0.29, 0.717) is 40.7 Å². The van der Waals surface area contributed by atoms with Gasteiger partial charge in [-0.25, -0.2) is 4.98 Å². The molecule has 12 heteroatoms. The molecule has 2 N–H and O–H groups in total. The smallest absolute Gasteiger partial charge is 0.218 e. The number of rotatable bonds is 9. The van der Waals surface area contributed by atoms with Crippen molar-refractivity contribution in [3.8, 4) is 0 Å². The van der Waals surface area contributed by atoms with Gasteiger partial charge in [0.15, 0.2) is 24.9 Å². The van der Waals surface area contributed by atoms with Gasteiger partial charge >= 0.3 is 0 Å². The van der Waals surface area contributed by atoms with Crippen LogP contribution in [0.15, 0.2) is 6.20 Å². The van der Waals surface area contributed by atoms with Crippen molar-refractivity contribution in [2.75, 3.05) is 11.6 Å². The quantitative estimate of drug-likeness (QED) is 0.206. The Morgan fingerprint density at radius 3 is 2.02 bits per heavy atom. The van der Waals surface area contributed by atoms with Gasteiger partial charge in [0, 0.05) is 18.2 Å². The predicted molar refractivity (Wildman–Crippen MR) is 183 cm³/mol. The lowest BCUT2D eigenvalue weighted by Gasteiger charge is -2.40. The van der Waals surface area contributed by atoms with E-state index in [1.807, 2.05) is 10.8 Å². The summed E-state index contributed by atoms with van der Waals surface area (Å²) in [6.45, 7) is 34.2. The molecule has 3 atom stereocenters. The van der Waals surface area contributed by atoms with Crippen molar-refractivity contribution in [1.29, 1.82) is 0 Å². The van der Waals surface area contributed by atoms with E-state index in [9.17, 15) is 5.11 Å². The summed E-state index contributed by atoms with van der Waals surface area (Å²) in [5.41, 5.74) is 1.34. The van der Waals surface area contributed by atoms with E-state index in [1.165, 1.54) is 0 Å². The molecule has 0 radical (unpaired) electrons. The minimum atomic E-state index is -2.10. The van der Waals surface area contributed by atoms with E-state index in [4.69, 9.17) is 30.2 Å². The summed E-state index contributed by atoms with van der Waals surface area (Å²) in [4.78, 5) is 13.2. The molecule has 0 bridgehead atoms. The minimum Gasteiger partial charge on any atom is -0.414 e. The molecule has 3 unspecified atom stereocenters. The van der Waals surface area contributed by atoms with Crippen LogP contribution in [0, 0.1) is 0 Å². The van der Waals surface area contributed by atoms with Crippen molar-refractivity contribution in [1.82, 2.24) is 14.5 Å². The van der Waals surface area contributed by atoms with Crippen molar-refractivity contribution in [3.05, 3.63) is 16.9 Å². The van der Waals surface area contributed by atoms with Crippen LogP contribution in [0.25, 0.3) is 11.0 Å². The number of ether oxygens (including phenoxy) is 1. The Kier molecular flexibility index (Phi) is 10.1. The SMILES string of the molecule is CC(C)(C)[Si](C)(C)Nc1nc(Cl)c2c(CO)cn(C3CC(O[Si](C)(C)C(C)(C)C)C(CO[Si](C)(C)C(C)(C)C)O3)c2n1. The number of halogens is 1. The topological polar surface area (TPSA) is 90.7 Å². The van der Waals surface area contributed by atoms with Gasteiger partial charge in [-0.05, 0) is 41.3 Å². The number of nitrogens with one attached hydrogen (secondary N) is 1. The molecular formula is C30H57ClN4O4Si3. The molecule has 1 fully saturated rings. The van der Waals surface area contributed by atoms with Crippen LogP contribution in [0.3, 0.4) is 0 Å². The third kappa shape index (κ3) is 7.35. The van der Waals surface area contributed by atoms with Crippen molar-refractivity contribution in [3.63, 3.8) is 0 Å². The Morgan fingerprint density at radius 2 is 1.52 bits per heavy atom. The summed E-state index contributed by atoms with van der Waals surface area (Å²) in [6, 6.07) is 0. The van der Waals surface area contributed by atoms with E-state index in [0.717, 1.165) is 0 Å². The van der Waals surface area contributed by atoms with Gasteiger partial charge in [0.05, 0.1) is 24.7 Å². The molecule has 0 aromatic carbocycles. The summed E-state index contributed by atoms with van der Waals surface area (Å²) in [7, 11) is -6.07. The van der Waals surface area contributed by atoms with Crippen molar-refractivity contribution >= 4 is 53.5 Å². The summed E-state index contributed by atoms with van der Waals surface area (Å²) in [6.07, 6.45) is 1.86. The summed E-state index contributed by atoms with van der Waals surface area (Å²) < 4.78 is 22.5. The van der Waals surface area contributed by atoms with Gasteiger partial charge < -0.3 is 28.2 Å². The maximum absolute atomic E-state index is 10.3. The first kappa shape index (κ1) is 35.7. The van der Waals surface area contributed by atoms with Gasteiger partial charge in [-0.3, -0.25) is 0 Å². The van der Waals surface area contributed by atoms with Crippen LogP contribution in [0.1, 0.15) is 80.5 Å². The fourth-order valence-electron chi connectivity index (χ4n) is 4.25. The number of hydrogen-bond donors (Lipinski definition) is 2. The first-order chi connectivity index (χ1) is 18.8. The molecule has 240 valence electrons. The molecule has 1 aliphatic heterocycles. The summed E-state index contributed by atoms with van der Waals surface area (Å²) in [5, 5.41) is 11.5. The molecular weight excluding hydrogens is 600 g/mol. The third-order valence-electron chi connectivity index (χ3n) is 10.3. The molecule has 2 aromatic heterocycles. The van der Waals surface area contributed by atoms with Crippen molar-refractivity contribution in [2.24, 2.45) is 0 Å². The number of nitrogens with zero attached hydrogens (tertiary/aromatic N) is 3. The average molecular weight is 658 g/mol. The Morgan fingerprint density at radius 1 is 0.952 bits per heavy atom. The summed E-state index contributed by atoms with van der Waals surface area (Å²) >= 11 is 6.77. The molecule has 0 saturated carbocycles. The van der Waals surface area contributed by atoms with Crippen LogP contribution >= 0.6 is 11.6 Å². The molecule has 1 aliphatic rings. The van der Waals surface area contributed by atoms with Gasteiger partial charge in [-0.15, -0.1) is 0 Å². The largest absolute Gasteiger partial charge is 0.414 e. The molecule has 8 nitrogen and oxygen atoms in total. The number of fused-ring (bicyclic) bond motifs is 1. The molecule has 3 heterocycles. The third-order valence-corrected chi connectivity index (χ3v) is 24.2. The minimum absolute atomic E-state index is 0.0607. The van der Waals surface area contributed by atoms with E-state index >= 15 is 0 Å². The average Bonchev–Trinajstić information content (AvgIpc) is 3.36. The van der Waals surface area contributed by atoms with E-state index in [1.54, 1.807) is 0 Å². The first-order valence-electron chi connectivity index (χ1n) is 15.2. The number of anilines is 1. The molecule has 3 rings (SSSR count). The molecule has 0 spiro atoms. The van der Waals surface area contributed by atoms with Crippen molar-refractivity contribution < 1.29 is 18.7 Å². The van der Waals surface area contributed by atoms with Crippen LogP contribution in [0.4, 0.5) is 5.95 Å². The number of aliphatic hydroxyl groups excluding tert-OH is 1. The number of aromatic nitrogens is 3. The zero-order chi connectivity index (χ0) is 32.3. The Balaban J connectivity index is 2.05. The normalized spacial score (nSPS) is 21.4. The van der Waals surface area contributed by atoms with Crippen LogP contribution < -0.4 is 4.98 Å². The van der Waals surface area contributed by atoms with Gasteiger partial charge in [0.1, 0.15) is 23.1 Å².